The van der Waals surface area contributed by atoms with Crippen LogP contribution in [0.15, 0.2) is 46.0 Å². The van der Waals surface area contributed by atoms with Gasteiger partial charge in [0.05, 0.1) is 18.8 Å². The maximum atomic E-state index is 12.8. The molecule has 5 rings (SSSR count). The largest absolute Gasteiger partial charge is 0.378 e. The molecule has 1 amide bonds. The number of nitrogens with one attached hydrogen (secondary N) is 1. The molecule has 2 aromatic rings. The zero-order valence-electron chi connectivity index (χ0n) is 18.3. The van der Waals surface area contributed by atoms with Crippen molar-refractivity contribution in [3.05, 3.63) is 58.4 Å². The molecule has 3 aliphatic heterocycles. The lowest BCUT2D eigenvalue weighted by atomic mass is 10.1. The predicted octanol–water partition coefficient (Wildman–Crippen LogP) is 3.31. The first kappa shape index (κ1) is 20.7. The molecule has 4 heterocycles. The lowest BCUT2D eigenvalue weighted by Crippen LogP contribution is -2.39. The highest BCUT2D eigenvalue weighted by Crippen LogP contribution is 2.31. The molecule has 1 aromatic carbocycles. The first-order valence-corrected chi connectivity index (χ1v) is 11.3. The molecule has 0 saturated carbocycles. The number of hydrazone groups is 1. The van der Waals surface area contributed by atoms with E-state index < -0.39 is 5.91 Å². The molecule has 8 nitrogen and oxygen atoms in total. The summed E-state index contributed by atoms with van der Waals surface area (Å²) in [4.78, 5) is 19.2. The van der Waals surface area contributed by atoms with Gasteiger partial charge in [-0.15, -0.1) is 5.10 Å². The number of ether oxygens (including phenoxy) is 1. The molecule has 0 bridgehead atoms. The summed E-state index contributed by atoms with van der Waals surface area (Å²) in [6, 6.07) is 10.3. The van der Waals surface area contributed by atoms with Gasteiger partial charge in [-0.25, -0.2) is 0 Å². The van der Waals surface area contributed by atoms with E-state index in [0.29, 0.717) is 18.4 Å². The zero-order chi connectivity index (χ0) is 22.4. The summed E-state index contributed by atoms with van der Waals surface area (Å²) < 4.78 is 7.56. The van der Waals surface area contributed by atoms with Crippen molar-refractivity contribution in [2.75, 3.05) is 26.3 Å². The number of hydrogen-bond acceptors (Lipinski definition) is 6. The van der Waals surface area contributed by atoms with Crippen LogP contribution < -0.4 is 0 Å². The highest BCUT2D eigenvalue weighted by Gasteiger charge is 2.37. The number of fused-ring (bicyclic) bond motifs is 1. The van der Waals surface area contributed by atoms with Gasteiger partial charge in [0.2, 0.25) is 5.17 Å². The number of aromatic nitrogens is 1. The summed E-state index contributed by atoms with van der Waals surface area (Å²) in [6.45, 7) is 8.89. The Labute approximate surface area is 190 Å². The van der Waals surface area contributed by atoms with Crippen molar-refractivity contribution in [3.8, 4) is 5.69 Å². The first-order chi connectivity index (χ1) is 15.4. The van der Waals surface area contributed by atoms with Crippen LogP contribution in [-0.4, -0.2) is 62.9 Å². The van der Waals surface area contributed by atoms with Crippen LogP contribution >= 0.6 is 11.8 Å². The lowest BCUT2D eigenvalue weighted by Gasteiger charge is -2.26. The summed E-state index contributed by atoms with van der Waals surface area (Å²) in [5, 5.41) is 15.9. The molecule has 1 aromatic heterocycles. The Hall–Kier alpha value is -3.17. The number of thioether (sulfide) groups is 1. The number of morpholine rings is 1. The molecule has 164 valence electrons. The van der Waals surface area contributed by atoms with Gasteiger partial charge in [0.1, 0.15) is 0 Å². The van der Waals surface area contributed by atoms with E-state index in [0.717, 1.165) is 40.9 Å². The summed E-state index contributed by atoms with van der Waals surface area (Å²) >= 11 is 1.33. The SMILES string of the molecule is Cc1cccc(-n2c(C)cc(/C=C3\C(=N)N4N=C(N5CCOCC5)SC4=NC3=O)c2C)c1. The van der Waals surface area contributed by atoms with Gasteiger partial charge in [-0.2, -0.15) is 10.0 Å². The van der Waals surface area contributed by atoms with Crippen LogP contribution in [-0.2, 0) is 9.53 Å². The van der Waals surface area contributed by atoms with Gasteiger partial charge < -0.3 is 14.2 Å². The van der Waals surface area contributed by atoms with Crippen LogP contribution in [0.1, 0.15) is 22.5 Å². The fourth-order valence-electron chi connectivity index (χ4n) is 4.12. The summed E-state index contributed by atoms with van der Waals surface area (Å²) in [7, 11) is 0. The van der Waals surface area contributed by atoms with Crippen LogP contribution in [0.3, 0.4) is 0 Å². The van der Waals surface area contributed by atoms with Crippen LogP contribution in [0.2, 0.25) is 0 Å². The number of rotatable bonds is 2. The van der Waals surface area contributed by atoms with E-state index in [2.05, 4.69) is 44.7 Å². The molecule has 0 unspecified atom stereocenters. The van der Waals surface area contributed by atoms with Crippen molar-refractivity contribution >= 4 is 39.9 Å². The lowest BCUT2D eigenvalue weighted by molar-refractivity contribution is -0.114. The molecular formula is C23H24N6O2S. The number of aryl methyl sites for hydroxylation is 2. The molecule has 9 heteroatoms. The van der Waals surface area contributed by atoms with Crippen LogP contribution in [0.4, 0.5) is 0 Å². The number of amides is 1. The maximum Gasteiger partial charge on any atom is 0.283 e. The molecular weight excluding hydrogens is 424 g/mol. The number of amidine groups is 3. The molecule has 32 heavy (non-hydrogen) atoms. The van der Waals surface area contributed by atoms with E-state index in [4.69, 9.17) is 10.1 Å². The molecule has 0 spiro atoms. The minimum absolute atomic E-state index is 0.0520. The second-order valence-electron chi connectivity index (χ2n) is 8.00. The molecule has 1 saturated heterocycles. The minimum Gasteiger partial charge on any atom is -0.378 e. The monoisotopic (exact) mass is 448 g/mol. The number of aliphatic imine (C=N–C) groups is 1. The molecule has 0 atom stereocenters. The number of hydrogen-bond donors (Lipinski definition) is 1. The quantitative estimate of drug-likeness (QED) is 0.713. The molecule has 0 aliphatic carbocycles. The van der Waals surface area contributed by atoms with Crippen LogP contribution in [0, 0.1) is 26.2 Å². The first-order valence-electron chi connectivity index (χ1n) is 10.5. The summed E-state index contributed by atoms with van der Waals surface area (Å²) in [5.74, 6) is -0.358. The van der Waals surface area contributed by atoms with Crippen molar-refractivity contribution in [2.24, 2.45) is 10.1 Å². The van der Waals surface area contributed by atoms with Gasteiger partial charge >= 0.3 is 0 Å². The standard InChI is InChI=1S/C23H24N6O2S/c1-14-5-4-6-18(11-14)28-15(2)12-17(16(28)3)13-19-20(24)29-22(25-21(19)30)32-23(26-29)27-7-9-31-10-8-27/h4-6,11-13,24H,7-10H2,1-3H3/b19-13+,24-20?. The Morgan fingerprint density at radius 2 is 1.91 bits per heavy atom. The van der Waals surface area contributed by atoms with E-state index in [1.807, 2.05) is 26.0 Å². The Morgan fingerprint density at radius 1 is 1.12 bits per heavy atom. The fraction of sp³-hybridized carbons (Fsp3) is 0.304. The average molecular weight is 449 g/mol. The predicted molar refractivity (Wildman–Crippen MR) is 127 cm³/mol. The van der Waals surface area contributed by atoms with E-state index in [-0.39, 0.29) is 11.4 Å². The number of benzene rings is 1. The second-order valence-corrected chi connectivity index (χ2v) is 8.94. The Kier molecular flexibility index (Phi) is 5.22. The Balaban J connectivity index is 1.48. The van der Waals surface area contributed by atoms with E-state index in [1.165, 1.54) is 22.3 Å². The Morgan fingerprint density at radius 3 is 2.66 bits per heavy atom. The second kappa shape index (κ2) is 8.07. The summed E-state index contributed by atoms with van der Waals surface area (Å²) in [6.07, 6.45) is 1.76. The number of nitrogens with zero attached hydrogens (tertiary/aromatic N) is 5. The van der Waals surface area contributed by atoms with Gasteiger partial charge in [0, 0.05) is 30.2 Å². The van der Waals surface area contributed by atoms with Gasteiger partial charge in [0.15, 0.2) is 11.0 Å². The smallest absolute Gasteiger partial charge is 0.283 e. The van der Waals surface area contributed by atoms with Crippen molar-refractivity contribution in [3.63, 3.8) is 0 Å². The van der Waals surface area contributed by atoms with Crippen molar-refractivity contribution < 1.29 is 9.53 Å². The number of carbonyl (C=O) groups excluding carboxylic acids is 1. The topological polar surface area (TPSA) is 86.3 Å². The summed E-state index contributed by atoms with van der Waals surface area (Å²) in [5.41, 5.74) is 5.45. The highest BCUT2D eigenvalue weighted by atomic mass is 32.2. The van der Waals surface area contributed by atoms with E-state index in [9.17, 15) is 4.79 Å². The van der Waals surface area contributed by atoms with Crippen molar-refractivity contribution in [1.82, 2.24) is 14.5 Å². The maximum absolute atomic E-state index is 12.8. The van der Waals surface area contributed by atoms with Crippen LogP contribution in [0.5, 0.6) is 0 Å². The van der Waals surface area contributed by atoms with Crippen molar-refractivity contribution in [1.29, 1.82) is 5.41 Å². The molecule has 0 radical (unpaired) electrons. The molecule has 1 N–H and O–H groups in total. The van der Waals surface area contributed by atoms with Gasteiger partial charge in [-0.3, -0.25) is 10.2 Å². The molecule has 1 fully saturated rings. The molecule has 3 aliphatic rings. The third-order valence-electron chi connectivity index (χ3n) is 5.76. The third kappa shape index (κ3) is 3.57. The van der Waals surface area contributed by atoms with Gasteiger partial charge in [-0.05, 0) is 67.9 Å². The van der Waals surface area contributed by atoms with E-state index in [1.54, 1.807) is 6.08 Å². The highest BCUT2D eigenvalue weighted by molar-refractivity contribution is 8.26. The van der Waals surface area contributed by atoms with Gasteiger partial charge in [0.25, 0.3) is 5.91 Å². The minimum atomic E-state index is -0.410. The third-order valence-corrected chi connectivity index (χ3v) is 6.72. The van der Waals surface area contributed by atoms with Gasteiger partial charge in [-0.1, -0.05) is 12.1 Å². The normalized spacial score (nSPS) is 20.0. The fourth-order valence-corrected chi connectivity index (χ4v) is 5.06. The van der Waals surface area contributed by atoms with Crippen molar-refractivity contribution in [2.45, 2.75) is 20.8 Å². The average Bonchev–Trinajstić information content (AvgIpc) is 3.32. The van der Waals surface area contributed by atoms with E-state index >= 15 is 0 Å². The number of carbonyl (C=O) groups is 1. The zero-order valence-corrected chi connectivity index (χ0v) is 19.1. The Bertz CT molecular complexity index is 1220. The van der Waals surface area contributed by atoms with Crippen LogP contribution in [0.25, 0.3) is 11.8 Å².